The Hall–Kier alpha value is -2.24. The summed E-state index contributed by atoms with van der Waals surface area (Å²) in [5.41, 5.74) is 2.83. The van der Waals surface area contributed by atoms with Gasteiger partial charge in [-0.3, -0.25) is 4.79 Å². The Bertz CT molecular complexity index is 694. The van der Waals surface area contributed by atoms with Crippen molar-refractivity contribution in [2.24, 2.45) is 0 Å². The van der Waals surface area contributed by atoms with E-state index in [4.69, 9.17) is 0 Å². The van der Waals surface area contributed by atoms with E-state index >= 15 is 0 Å². The van der Waals surface area contributed by atoms with E-state index in [1.165, 1.54) is 0 Å². The van der Waals surface area contributed by atoms with Crippen LogP contribution in [0.4, 0.5) is 0 Å². The number of carbonyl (C=O) groups excluding carboxylic acids is 1. The molecule has 6 heteroatoms. The quantitative estimate of drug-likeness (QED) is 0.922. The molecule has 2 aromatic rings. The van der Waals surface area contributed by atoms with Crippen LogP contribution < -0.4 is 0 Å². The van der Waals surface area contributed by atoms with E-state index in [1.807, 2.05) is 24.8 Å². The summed E-state index contributed by atoms with van der Waals surface area (Å²) >= 11 is 0. The Morgan fingerprint density at radius 1 is 1.36 bits per heavy atom. The molecule has 116 valence electrons. The fourth-order valence-corrected chi connectivity index (χ4v) is 2.97. The summed E-state index contributed by atoms with van der Waals surface area (Å²) in [7, 11) is 0. The molecule has 6 nitrogen and oxygen atoms in total. The van der Waals surface area contributed by atoms with Crippen molar-refractivity contribution in [3.05, 3.63) is 29.5 Å². The minimum absolute atomic E-state index is 0.136. The van der Waals surface area contributed by atoms with Gasteiger partial charge >= 0.3 is 0 Å². The Labute approximate surface area is 130 Å². The van der Waals surface area contributed by atoms with Crippen LogP contribution in [0.1, 0.15) is 42.9 Å². The highest BCUT2D eigenvalue weighted by Gasteiger charge is 2.24. The van der Waals surface area contributed by atoms with Crippen LogP contribution in [0.5, 0.6) is 0 Å². The Morgan fingerprint density at radius 3 is 2.86 bits per heavy atom. The zero-order valence-electron chi connectivity index (χ0n) is 13.3. The van der Waals surface area contributed by atoms with E-state index in [0.29, 0.717) is 0 Å². The van der Waals surface area contributed by atoms with E-state index in [-0.39, 0.29) is 11.8 Å². The fourth-order valence-electron chi connectivity index (χ4n) is 2.97. The van der Waals surface area contributed by atoms with Gasteiger partial charge in [0.2, 0.25) is 5.91 Å². The van der Waals surface area contributed by atoms with Crippen LogP contribution in [-0.2, 0) is 4.79 Å². The van der Waals surface area contributed by atoms with Crippen LogP contribution in [0.3, 0.4) is 0 Å². The summed E-state index contributed by atoms with van der Waals surface area (Å²) in [6.07, 6.45) is 3.86. The van der Waals surface area contributed by atoms with Crippen LogP contribution in [0.2, 0.25) is 0 Å². The normalized spacial score (nSPS) is 18.5. The molecule has 3 rings (SSSR count). The number of rotatable bonds is 2. The second kappa shape index (κ2) is 5.87. The second-order valence-corrected chi connectivity index (χ2v) is 5.94. The number of aromatic amines is 1. The zero-order valence-corrected chi connectivity index (χ0v) is 13.3. The Morgan fingerprint density at radius 2 is 2.18 bits per heavy atom. The molecule has 1 fully saturated rings. The molecular formula is C16H21N5O. The van der Waals surface area contributed by atoms with Gasteiger partial charge in [0.1, 0.15) is 11.5 Å². The molecule has 0 saturated carbocycles. The minimum Gasteiger partial charge on any atom is -0.342 e. The number of aromatic nitrogens is 4. The molecule has 0 aliphatic carbocycles. The molecule has 0 aromatic carbocycles. The monoisotopic (exact) mass is 299 g/mol. The van der Waals surface area contributed by atoms with Crippen molar-refractivity contribution < 1.29 is 4.79 Å². The van der Waals surface area contributed by atoms with Gasteiger partial charge in [0.25, 0.3) is 0 Å². The molecular weight excluding hydrogens is 278 g/mol. The predicted octanol–water partition coefficient (Wildman–Crippen LogP) is 2.21. The Kier molecular flexibility index (Phi) is 3.92. The van der Waals surface area contributed by atoms with Crippen LogP contribution in [-0.4, -0.2) is 43.8 Å². The van der Waals surface area contributed by atoms with Gasteiger partial charge in [-0.25, -0.2) is 15.0 Å². The average Bonchev–Trinajstić information content (AvgIpc) is 2.93. The third kappa shape index (κ3) is 3.00. The molecule has 3 heterocycles. The molecule has 1 saturated heterocycles. The number of likely N-dealkylation sites (tertiary alicyclic amines) is 1. The third-order valence-corrected chi connectivity index (χ3v) is 4.09. The maximum atomic E-state index is 11.6. The number of aryl methyl sites for hydroxylation is 2. The molecule has 0 bridgehead atoms. The van der Waals surface area contributed by atoms with Crippen LogP contribution in [0, 0.1) is 13.8 Å². The van der Waals surface area contributed by atoms with Gasteiger partial charge in [-0.2, -0.15) is 0 Å². The van der Waals surface area contributed by atoms with Crippen molar-refractivity contribution in [3.63, 3.8) is 0 Å². The highest BCUT2D eigenvalue weighted by Crippen LogP contribution is 2.27. The number of H-pyrrole nitrogens is 1. The lowest BCUT2D eigenvalue weighted by atomic mass is 9.94. The number of nitrogens with one attached hydrogen (secondary N) is 1. The highest BCUT2D eigenvalue weighted by molar-refractivity contribution is 5.73. The third-order valence-electron chi connectivity index (χ3n) is 4.09. The largest absolute Gasteiger partial charge is 0.342 e. The van der Waals surface area contributed by atoms with Gasteiger partial charge in [0, 0.05) is 43.5 Å². The smallest absolute Gasteiger partial charge is 0.219 e. The number of imidazole rings is 1. The number of hydrogen-bond acceptors (Lipinski definition) is 4. The first kappa shape index (κ1) is 14.7. The topological polar surface area (TPSA) is 74.8 Å². The molecule has 1 N–H and O–H groups in total. The first-order valence-electron chi connectivity index (χ1n) is 7.66. The van der Waals surface area contributed by atoms with Gasteiger partial charge in [-0.1, -0.05) is 0 Å². The number of amides is 1. The second-order valence-electron chi connectivity index (χ2n) is 5.94. The van der Waals surface area contributed by atoms with Crippen LogP contribution >= 0.6 is 0 Å². The van der Waals surface area contributed by atoms with Gasteiger partial charge in [-0.15, -0.1) is 0 Å². The van der Waals surface area contributed by atoms with Crippen LogP contribution in [0.15, 0.2) is 12.3 Å². The molecule has 0 radical (unpaired) electrons. The lowest BCUT2D eigenvalue weighted by Gasteiger charge is -2.31. The SMILES string of the molecule is CC(=O)N1CCCC(c2cc(-c3ncc(C)[nH]3)nc(C)n2)C1. The Balaban J connectivity index is 1.90. The molecule has 1 aliphatic rings. The van der Waals surface area contributed by atoms with Crippen molar-refractivity contribution in [1.29, 1.82) is 0 Å². The number of nitrogens with zero attached hydrogens (tertiary/aromatic N) is 4. The number of piperidine rings is 1. The zero-order chi connectivity index (χ0) is 15.7. The van der Waals surface area contributed by atoms with E-state index in [2.05, 4.69) is 19.9 Å². The van der Waals surface area contributed by atoms with E-state index in [9.17, 15) is 4.79 Å². The van der Waals surface area contributed by atoms with E-state index in [0.717, 1.165) is 54.7 Å². The molecule has 1 atom stereocenters. The van der Waals surface area contributed by atoms with Crippen molar-refractivity contribution in [2.75, 3.05) is 13.1 Å². The predicted molar refractivity (Wildman–Crippen MR) is 83.3 cm³/mol. The van der Waals surface area contributed by atoms with E-state index in [1.54, 1.807) is 13.1 Å². The standard InChI is InChI=1S/C16H21N5O/c1-10-8-17-16(18-10)15-7-14(19-11(2)20-15)13-5-4-6-21(9-13)12(3)22/h7-8,13H,4-6,9H2,1-3H3,(H,17,18). The number of hydrogen-bond donors (Lipinski definition) is 1. The molecule has 1 aliphatic heterocycles. The van der Waals surface area contributed by atoms with Crippen molar-refractivity contribution >= 4 is 5.91 Å². The van der Waals surface area contributed by atoms with Gasteiger partial charge in [-0.05, 0) is 32.8 Å². The van der Waals surface area contributed by atoms with Gasteiger partial charge in [0.15, 0.2) is 5.82 Å². The van der Waals surface area contributed by atoms with Crippen molar-refractivity contribution in [1.82, 2.24) is 24.8 Å². The summed E-state index contributed by atoms with van der Waals surface area (Å²) in [6, 6.07) is 2.00. The summed E-state index contributed by atoms with van der Waals surface area (Å²) in [5, 5.41) is 0. The van der Waals surface area contributed by atoms with E-state index < -0.39 is 0 Å². The summed E-state index contributed by atoms with van der Waals surface area (Å²) in [5.74, 6) is 1.91. The maximum absolute atomic E-state index is 11.6. The molecule has 2 aromatic heterocycles. The first-order valence-corrected chi connectivity index (χ1v) is 7.66. The minimum atomic E-state index is 0.136. The van der Waals surface area contributed by atoms with Crippen molar-refractivity contribution in [3.8, 4) is 11.5 Å². The summed E-state index contributed by atoms with van der Waals surface area (Å²) in [4.78, 5) is 30.1. The van der Waals surface area contributed by atoms with Gasteiger partial charge in [0.05, 0.1) is 0 Å². The lowest BCUT2D eigenvalue weighted by Crippen LogP contribution is -2.37. The van der Waals surface area contributed by atoms with Crippen molar-refractivity contribution in [2.45, 2.75) is 39.5 Å². The summed E-state index contributed by atoms with van der Waals surface area (Å²) < 4.78 is 0. The average molecular weight is 299 g/mol. The molecule has 1 amide bonds. The number of carbonyl (C=O) groups is 1. The lowest BCUT2D eigenvalue weighted by molar-refractivity contribution is -0.130. The molecule has 22 heavy (non-hydrogen) atoms. The highest BCUT2D eigenvalue weighted by atomic mass is 16.2. The fraction of sp³-hybridized carbons (Fsp3) is 0.500. The molecule has 1 unspecified atom stereocenters. The molecule has 0 spiro atoms. The van der Waals surface area contributed by atoms with Gasteiger partial charge < -0.3 is 9.88 Å². The summed E-state index contributed by atoms with van der Waals surface area (Å²) in [6.45, 7) is 7.08. The maximum Gasteiger partial charge on any atom is 0.219 e. The first-order chi connectivity index (χ1) is 10.5. The van der Waals surface area contributed by atoms with Crippen LogP contribution in [0.25, 0.3) is 11.5 Å².